The second-order valence-electron chi connectivity index (χ2n) is 3.78. The molecule has 0 saturated heterocycles. The number of hydrogen-bond donors (Lipinski definition) is 0. The molecular formula is C12H12ClN3O2. The number of aryl methyl sites for hydroxylation is 1. The number of ketones is 1. The lowest BCUT2D eigenvalue weighted by atomic mass is 10.1. The lowest BCUT2D eigenvalue weighted by Gasteiger charge is -2.02. The highest BCUT2D eigenvalue weighted by Crippen LogP contribution is 2.32. The molecule has 2 heterocycles. The van der Waals surface area contributed by atoms with Gasteiger partial charge in [-0.25, -0.2) is 4.98 Å². The van der Waals surface area contributed by atoms with Crippen LogP contribution in [0.15, 0.2) is 18.3 Å². The van der Waals surface area contributed by atoms with Gasteiger partial charge in [0.1, 0.15) is 16.5 Å². The molecular weight excluding hydrogens is 254 g/mol. The normalized spacial score (nSPS) is 10.4. The van der Waals surface area contributed by atoms with Crippen LogP contribution >= 0.6 is 11.6 Å². The highest BCUT2D eigenvalue weighted by atomic mass is 35.5. The summed E-state index contributed by atoms with van der Waals surface area (Å²) < 4.78 is 6.78. The third-order valence-electron chi connectivity index (χ3n) is 2.54. The summed E-state index contributed by atoms with van der Waals surface area (Å²) in [6, 6.07) is 3.45. The Labute approximate surface area is 109 Å². The second-order valence-corrected chi connectivity index (χ2v) is 4.17. The number of pyridine rings is 1. The molecule has 18 heavy (non-hydrogen) atoms. The molecule has 0 atom stereocenters. The Bertz CT molecular complexity index is 590. The van der Waals surface area contributed by atoms with Crippen LogP contribution in [0.4, 0.5) is 0 Å². The first-order chi connectivity index (χ1) is 8.54. The highest BCUT2D eigenvalue weighted by Gasteiger charge is 2.21. The van der Waals surface area contributed by atoms with Crippen molar-refractivity contribution < 1.29 is 9.53 Å². The van der Waals surface area contributed by atoms with Gasteiger partial charge in [-0.05, 0) is 12.1 Å². The molecule has 0 aliphatic rings. The minimum absolute atomic E-state index is 0.102. The molecule has 0 bridgehead atoms. The predicted molar refractivity (Wildman–Crippen MR) is 68.0 cm³/mol. The van der Waals surface area contributed by atoms with Crippen molar-refractivity contribution in [2.24, 2.45) is 7.05 Å². The lowest BCUT2D eigenvalue weighted by Crippen LogP contribution is -2.04. The Morgan fingerprint density at radius 2 is 2.17 bits per heavy atom. The lowest BCUT2D eigenvalue weighted by molar-refractivity contribution is 0.100. The van der Waals surface area contributed by atoms with Gasteiger partial charge in [-0.15, -0.1) is 0 Å². The number of Topliss-reactive ketones (excluding diaryl/α,β-unsaturated/α-hetero) is 1. The Kier molecular flexibility index (Phi) is 3.34. The molecule has 0 fully saturated rings. The van der Waals surface area contributed by atoms with Crippen molar-refractivity contribution in [2.75, 3.05) is 7.11 Å². The van der Waals surface area contributed by atoms with Gasteiger partial charge in [0, 0.05) is 25.7 Å². The number of carbonyl (C=O) groups is 1. The number of nitrogens with zero attached hydrogens (tertiary/aromatic N) is 3. The summed E-state index contributed by atoms with van der Waals surface area (Å²) in [7, 11) is 3.21. The fraction of sp³-hybridized carbons (Fsp3) is 0.250. The third kappa shape index (κ3) is 2.09. The SMILES string of the molecule is COc1c(-c2ccc(Cl)nc2)nn(C)c1C(C)=O. The topological polar surface area (TPSA) is 57.0 Å². The van der Waals surface area contributed by atoms with Gasteiger partial charge in [0.2, 0.25) is 0 Å². The van der Waals surface area contributed by atoms with E-state index < -0.39 is 0 Å². The number of rotatable bonds is 3. The number of carbonyl (C=O) groups excluding carboxylic acids is 1. The molecule has 0 aromatic carbocycles. The van der Waals surface area contributed by atoms with Crippen molar-refractivity contribution in [3.05, 3.63) is 29.2 Å². The van der Waals surface area contributed by atoms with E-state index in [-0.39, 0.29) is 5.78 Å². The van der Waals surface area contributed by atoms with Crippen LogP contribution in [0.1, 0.15) is 17.4 Å². The van der Waals surface area contributed by atoms with Gasteiger partial charge in [-0.2, -0.15) is 5.10 Å². The summed E-state index contributed by atoms with van der Waals surface area (Å²) in [5.41, 5.74) is 1.76. The van der Waals surface area contributed by atoms with Crippen molar-refractivity contribution in [2.45, 2.75) is 6.92 Å². The van der Waals surface area contributed by atoms with E-state index in [4.69, 9.17) is 16.3 Å². The smallest absolute Gasteiger partial charge is 0.181 e. The fourth-order valence-electron chi connectivity index (χ4n) is 1.79. The molecule has 0 N–H and O–H groups in total. The second kappa shape index (κ2) is 4.78. The molecule has 5 nitrogen and oxygen atoms in total. The minimum atomic E-state index is -0.102. The Hall–Kier alpha value is -1.88. The van der Waals surface area contributed by atoms with Crippen molar-refractivity contribution in [1.29, 1.82) is 0 Å². The van der Waals surface area contributed by atoms with Crippen LogP contribution in [-0.4, -0.2) is 27.7 Å². The van der Waals surface area contributed by atoms with Gasteiger partial charge in [0.15, 0.2) is 11.5 Å². The van der Waals surface area contributed by atoms with Gasteiger partial charge in [-0.1, -0.05) is 11.6 Å². The van der Waals surface area contributed by atoms with Crippen LogP contribution in [0, 0.1) is 0 Å². The number of methoxy groups -OCH3 is 1. The minimum Gasteiger partial charge on any atom is -0.492 e. The van der Waals surface area contributed by atoms with E-state index in [2.05, 4.69) is 10.1 Å². The van der Waals surface area contributed by atoms with E-state index in [1.807, 2.05) is 0 Å². The van der Waals surface area contributed by atoms with Crippen LogP contribution in [-0.2, 0) is 7.05 Å². The van der Waals surface area contributed by atoms with E-state index in [0.29, 0.717) is 22.3 Å². The maximum atomic E-state index is 11.6. The quantitative estimate of drug-likeness (QED) is 0.631. The maximum absolute atomic E-state index is 11.6. The number of hydrogen-bond acceptors (Lipinski definition) is 4. The molecule has 6 heteroatoms. The summed E-state index contributed by atoms with van der Waals surface area (Å²) in [5, 5.41) is 4.69. The number of halogens is 1. The molecule has 2 aromatic heterocycles. The van der Waals surface area contributed by atoms with E-state index in [0.717, 1.165) is 5.56 Å². The first-order valence-corrected chi connectivity index (χ1v) is 5.66. The molecule has 0 radical (unpaired) electrons. The van der Waals surface area contributed by atoms with E-state index in [1.165, 1.54) is 18.7 Å². The molecule has 0 unspecified atom stereocenters. The van der Waals surface area contributed by atoms with Crippen molar-refractivity contribution in [3.63, 3.8) is 0 Å². The van der Waals surface area contributed by atoms with Gasteiger partial charge in [-0.3, -0.25) is 9.48 Å². The van der Waals surface area contributed by atoms with Crippen LogP contribution in [0.25, 0.3) is 11.3 Å². The Balaban J connectivity index is 2.61. The van der Waals surface area contributed by atoms with E-state index in [9.17, 15) is 4.79 Å². The number of ether oxygens (including phenoxy) is 1. The number of aromatic nitrogens is 3. The predicted octanol–water partition coefficient (Wildman–Crippen LogP) is 2.35. The van der Waals surface area contributed by atoms with E-state index >= 15 is 0 Å². The fourth-order valence-corrected chi connectivity index (χ4v) is 1.90. The first-order valence-electron chi connectivity index (χ1n) is 5.28. The summed E-state index contributed by atoms with van der Waals surface area (Å²) in [5.74, 6) is 0.351. The average Bonchev–Trinajstić information content (AvgIpc) is 2.67. The zero-order valence-electron chi connectivity index (χ0n) is 10.3. The molecule has 94 valence electrons. The van der Waals surface area contributed by atoms with Crippen molar-refractivity contribution in [1.82, 2.24) is 14.8 Å². The largest absolute Gasteiger partial charge is 0.492 e. The maximum Gasteiger partial charge on any atom is 0.181 e. The zero-order chi connectivity index (χ0) is 13.3. The zero-order valence-corrected chi connectivity index (χ0v) is 11.0. The molecule has 0 amide bonds. The van der Waals surface area contributed by atoms with Gasteiger partial charge in [0.05, 0.1) is 7.11 Å². The molecule has 2 aromatic rings. The molecule has 2 rings (SSSR count). The third-order valence-corrected chi connectivity index (χ3v) is 2.77. The Morgan fingerprint density at radius 1 is 1.44 bits per heavy atom. The summed E-state index contributed by atoms with van der Waals surface area (Å²) in [6.45, 7) is 1.48. The van der Waals surface area contributed by atoms with Gasteiger partial charge in [0.25, 0.3) is 0 Å². The van der Waals surface area contributed by atoms with Crippen LogP contribution < -0.4 is 4.74 Å². The molecule has 0 saturated carbocycles. The van der Waals surface area contributed by atoms with Crippen LogP contribution in [0.5, 0.6) is 5.75 Å². The standard InChI is InChI=1S/C12H12ClN3O2/c1-7(17)11-12(18-3)10(15-16(11)2)8-4-5-9(13)14-6-8/h4-6H,1-3H3. The van der Waals surface area contributed by atoms with Crippen LogP contribution in [0.3, 0.4) is 0 Å². The highest BCUT2D eigenvalue weighted by molar-refractivity contribution is 6.29. The summed E-state index contributed by atoms with van der Waals surface area (Å²) in [4.78, 5) is 15.6. The van der Waals surface area contributed by atoms with Crippen molar-refractivity contribution in [3.8, 4) is 17.0 Å². The molecule has 0 spiro atoms. The molecule has 0 aliphatic heterocycles. The average molecular weight is 266 g/mol. The summed E-state index contributed by atoms with van der Waals surface area (Å²) in [6.07, 6.45) is 1.59. The van der Waals surface area contributed by atoms with Crippen molar-refractivity contribution >= 4 is 17.4 Å². The van der Waals surface area contributed by atoms with Gasteiger partial charge < -0.3 is 4.74 Å². The van der Waals surface area contributed by atoms with Crippen LogP contribution in [0.2, 0.25) is 5.15 Å². The monoisotopic (exact) mass is 265 g/mol. The van der Waals surface area contributed by atoms with Gasteiger partial charge >= 0.3 is 0 Å². The summed E-state index contributed by atoms with van der Waals surface area (Å²) >= 11 is 5.74. The molecule has 0 aliphatic carbocycles. The first kappa shape index (κ1) is 12.6. The Morgan fingerprint density at radius 3 is 2.67 bits per heavy atom. The van der Waals surface area contributed by atoms with E-state index in [1.54, 1.807) is 25.4 Å².